The van der Waals surface area contributed by atoms with Crippen molar-refractivity contribution in [3.05, 3.63) is 65.5 Å². The number of sulfone groups is 1. The van der Waals surface area contributed by atoms with Gasteiger partial charge in [0.05, 0.1) is 17.1 Å². The Kier molecular flexibility index (Phi) is 8.43. The van der Waals surface area contributed by atoms with Crippen LogP contribution in [0.15, 0.2) is 48.5 Å². The monoisotopic (exact) mass is 477 g/mol. The predicted octanol–water partition coefficient (Wildman–Crippen LogP) is 3.38. The summed E-state index contributed by atoms with van der Waals surface area (Å²) in [5.41, 5.74) is 0.999. The van der Waals surface area contributed by atoms with Crippen LogP contribution in [-0.4, -0.2) is 55.9 Å². The van der Waals surface area contributed by atoms with Crippen molar-refractivity contribution in [1.82, 2.24) is 4.90 Å². The molecule has 2 aromatic rings. The number of carbonyl (C=O) groups is 2. The van der Waals surface area contributed by atoms with Gasteiger partial charge in [-0.15, -0.1) is 0 Å². The maximum atomic E-state index is 13.0. The van der Waals surface area contributed by atoms with Gasteiger partial charge in [-0.05, 0) is 48.7 Å². The van der Waals surface area contributed by atoms with E-state index < -0.39 is 28.3 Å². The van der Waals surface area contributed by atoms with Crippen LogP contribution in [0.5, 0.6) is 5.75 Å². The van der Waals surface area contributed by atoms with Crippen LogP contribution in [0.2, 0.25) is 0 Å². The lowest BCUT2D eigenvalue weighted by molar-refractivity contribution is -0.136. The van der Waals surface area contributed by atoms with Gasteiger partial charge < -0.3 is 14.4 Å². The number of nitrogens with zero attached hydrogens (tertiary/aromatic N) is 1. The Morgan fingerprint density at radius 1 is 1.15 bits per heavy atom. The maximum Gasteiger partial charge on any atom is 0.338 e. The van der Waals surface area contributed by atoms with Crippen LogP contribution in [0, 0.1) is 5.82 Å². The van der Waals surface area contributed by atoms with Gasteiger partial charge in [0.2, 0.25) is 0 Å². The number of rotatable bonds is 10. The lowest BCUT2D eigenvalue weighted by Crippen LogP contribution is -2.43. The molecule has 0 N–H and O–H groups in total. The van der Waals surface area contributed by atoms with Crippen molar-refractivity contribution < 1.29 is 31.9 Å². The average Bonchev–Trinajstić information content (AvgIpc) is 3.16. The fraction of sp³-hybridized carbons (Fsp3) is 0.417. The Bertz CT molecular complexity index is 1070. The highest BCUT2D eigenvalue weighted by molar-refractivity contribution is 7.91. The molecule has 0 bridgehead atoms. The molecule has 1 amide bonds. The highest BCUT2D eigenvalue weighted by atomic mass is 32.2. The summed E-state index contributed by atoms with van der Waals surface area (Å²) < 4.78 is 47.5. The molecule has 9 heteroatoms. The molecule has 1 fully saturated rings. The summed E-state index contributed by atoms with van der Waals surface area (Å²) in [6, 6.07) is 11.9. The molecule has 3 rings (SSSR count). The second-order valence-electron chi connectivity index (χ2n) is 8.02. The summed E-state index contributed by atoms with van der Waals surface area (Å²) in [6.45, 7) is 2.16. The highest BCUT2D eigenvalue weighted by Crippen LogP contribution is 2.20. The van der Waals surface area contributed by atoms with Crippen molar-refractivity contribution in [3.8, 4) is 5.75 Å². The van der Waals surface area contributed by atoms with Crippen LogP contribution in [0.3, 0.4) is 0 Å². The summed E-state index contributed by atoms with van der Waals surface area (Å²) >= 11 is 0. The Morgan fingerprint density at radius 3 is 2.58 bits per heavy atom. The number of unbranched alkanes of at least 4 members (excludes halogenated alkanes) is 1. The first-order valence-electron chi connectivity index (χ1n) is 10.9. The minimum Gasteiger partial charge on any atom is -0.489 e. The van der Waals surface area contributed by atoms with Crippen LogP contribution in [0.4, 0.5) is 4.39 Å². The summed E-state index contributed by atoms with van der Waals surface area (Å²) in [6.07, 6.45) is 2.00. The van der Waals surface area contributed by atoms with E-state index in [0.29, 0.717) is 18.7 Å². The van der Waals surface area contributed by atoms with Gasteiger partial charge in [-0.25, -0.2) is 17.6 Å². The molecule has 1 aliphatic heterocycles. The van der Waals surface area contributed by atoms with E-state index in [9.17, 15) is 22.4 Å². The Hall–Kier alpha value is -2.94. The largest absolute Gasteiger partial charge is 0.489 e. The van der Waals surface area contributed by atoms with E-state index in [2.05, 4.69) is 0 Å². The fourth-order valence-electron chi connectivity index (χ4n) is 3.61. The van der Waals surface area contributed by atoms with Crippen molar-refractivity contribution in [1.29, 1.82) is 0 Å². The topological polar surface area (TPSA) is 90.0 Å². The number of hydrogen-bond acceptors (Lipinski definition) is 6. The van der Waals surface area contributed by atoms with Crippen molar-refractivity contribution in [3.63, 3.8) is 0 Å². The first kappa shape index (κ1) is 24.7. The van der Waals surface area contributed by atoms with E-state index in [1.54, 1.807) is 30.3 Å². The van der Waals surface area contributed by atoms with Crippen molar-refractivity contribution in [2.24, 2.45) is 0 Å². The quantitative estimate of drug-likeness (QED) is 0.488. The van der Waals surface area contributed by atoms with E-state index in [1.807, 2.05) is 6.92 Å². The van der Waals surface area contributed by atoms with Gasteiger partial charge >= 0.3 is 5.97 Å². The van der Waals surface area contributed by atoms with Gasteiger partial charge in [0.15, 0.2) is 16.4 Å². The number of hydrogen-bond donors (Lipinski definition) is 0. The maximum absolute atomic E-state index is 13.0. The second-order valence-corrected chi connectivity index (χ2v) is 10.2. The molecular weight excluding hydrogens is 449 g/mol. The highest BCUT2D eigenvalue weighted by Gasteiger charge is 2.34. The lowest BCUT2D eigenvalue weighted by Gasteiger charge is -2.28. The van der Waals surface area contributed by atoms with E-state index >= 15 is 0 Å². The van der Waals surface area contributed by atoms with E-state index in [0.717, 1.165) is 18.4 Å². The standard InChI is InChI=1S/C24H28FNO6S/c1-2-3-12-26(21-11-13-33(29,30)17-21)23(27)16-32-24(28)19-5-4-6-22(14-19)31-15-18-7-9-20(25)10-8-18/h4-10,14,21H,2-3,11-13,15-17H2,1H3. The second kappa shape index (κ2) is 11.3. The van der Waals surface area contributed by atoms with E-state index in [1.165, 1.54) is 23.1 Å². The Balaban J connectivity index is 1.56. The van der Waals surface area contributed by atoms with Crippen molar-refractivity contribution in [2.45, 2.75) is 38.8 Å². The zero-order valence-corrected chi connectivity index (χ0v) is 19.4. The van der Waals surface area contributed by atoms with Crippen LogP contribution >= 0.6 is 0 Å². The summed E-state index contributed by atoms with van der Waals surface area (Å²) in [5.74, 6) is -0.962. The van der Waals surface area contributed by atoms with Crippen LogP contribution in [-0.2, 0) is 26.0 Å². The molecule has 1 unspecified atom stereocenters. The van der Waals surface area contributed by atoms with Gasteiger partial charge in [0.25, 0.3) is 5.91 Å². The average molecular weight is 478 g/mol. The molecule has 0 spiro atoms. The van der Waals surface area contributed by atoms with E-state index in [-0.39, 0.29) is 35.5 Å². The van der Waals surface area contributed by atoms with Crippen LogP contribution in [0.1, 0.15) is 42.1 Å². The predicted molar refractivity (Wildman–Crippen MR) is 121 cm³/mol. The number of esters is 1. The van der Waals surface area contributed by atoms with Gasteiger partial charge in [0, 0.05) is 12.6 Å². The number of amides is 1. The molecule has 0 radical (unpaired) electrons. The molecule has 1 atom stereocenters. The molecule has 1 saturated heterocycles. The van der Waals surface area contributed by atoms with Gasteiger partial charge in [-0.1, -0.05) is 31.5 Å². The lowest BCUT2D eigenvalue weighted by atomic mass is 10.2. The van der Waals surface area contributed by atoms with Gasteiger partial charge in [-0.3, -0.25) is 4.79 Å². The molecule has 0 aliphatic carbocycles. The smallest absolute Gasteiger partial charge is 0.338 e. The van der Waals surface area contributed by atoms with Crippen LogP contribution < -0.4 is 4.74 Å². The van der Waals surface area contributed by atoms with Gasteiger partial charge in [-0.2, -0.15) is 0 Å². The van der Waals surface area contributed by atoms with E-state index in [4.69, 9.17) is 9.47 Å². The third-order valence-electron chi connectivity index (χ3n) is 5.44. The summed E-state index contributed by atoms with van der Waals surface area (Å²) in [7, 11) is -3.14. The first-order chi connectivity index (χ1) is 15.8. The van der Waals surface area contributed by atoms with Gasteiger partial charge in [0.1, 0.15) is 18.2 Å². The fourth-order valence-corrected chi connectivity index (χ4v) is 5.34. The number of benzene rings is 2. The third kappa shape index (κ3) is 7.28. The zero-order chi connectivity index (χ0) is 23.8. The van der Waals surface area contributed by atoms with Crippen molar-refractivity contribution >= 4 is 21.7 Å². The van der Waals surface area contributed by atoms with Crippen molar-refractivity contribution in [2.75, 3.05) is 24.7 Å². The Labute approximate surface area is 193 Å². The molecule has 1 aliphatic rings. The SMILES string of the molecule is CCCCN(C(=O)COC(=O)c1cccc(OCc2ccc(F)cc2)c1)C1CCS(=O)(=O)C1. The number of carbonyl (C=O) groups excluding carboxylic acids is 2. The summed E-state index contributed by atoms with van der Waals surface area (Å²) in [5, 5.41) is 0. The minimum atomic E-state index is -3.14. The number of ether oxygens (including phenoxy) is 2. The molecule has 2 aromatic carbocycles. The normalized spacial score (nSPS) is 16.8. The van der Waals surface area contributed by atoms with Crippen LogP contribution in [0.25, 0.3) is 0 Å². The molecule has 178 valence electrons. The zero-order valence-electron chi connectivity index (χ0n) is 18.5. The molecule has 7 nitrogen and oxygen atoms in total. The summed E-state index contributed by atoms with van der Waals surface area (Å²) in [4.78, 5) is 26.8. The Morgan fingerprint density at radius 2 is 1.91 bits per heavy atom. The minimum absolute atomic E-state index is 0.0517. The molecule has 0 saturated carbocycles. The molecular formula is C24H28FNO6S. The number of halogens is 1. The third-order valence-corrected chi connectivity index (χ3v) is 7.19. The first-order valence-corrected chi connectivity index (χ1v) is 12.7. The molecule has 0 aromatic heterocycles. The molecule has 1 heterocycles. The molecule has 33 heavy (non-hydrogen) atoms.